The number of nitrogens with zero attached hydrogens (tertiary/aromatic N) is 1. The number of allylic oxidation sites excluding steroid dienone is 1. The molecule has 0 unspecified atom stereocenters. The van der Waals surface area contributed by atoms with Crippen LogP contribution in [0.25, 0.3) is 0 Å². The van der Waals surface area contributed by atoms with E-state index in [1.54, 1.807) is 44.4 Å². The van der Waals surface area contributed by atoms with Gasteiger partial charge in [-0.3, -0.25) is 4.90 Å². The van der Waals surface area contributed by atoms with E-state index in [0.29, 0.717) is 22.7 Å². The summed E-state index contributed by atoms with van der Waals surface area (Å²) >= 11 is 0. The van der Waals surface area contributed by atoms with Gasteiger partial charge < -0.3 is 14.8 Å². The number of nitrogens with one attached hydrogen (secondary N) is 1. The Bertz CT molecular complexity index is 908. The molecule has 0 saturated heterocycles. The minimum atomic E-state index is -0.810. The number of benzene rings is 2. The molecule has 0 bridgehead atoms. The summed E-state index contributed by atoms with van der Waals surface area (Å²) in [6, 6.07) is 11.4. The summed E-state index contributed by atoms with van der Waals surface area (Å²) in [4.78, 5) is 26.6. The van der Waals surface area contributed by atoms with Gasteiger partial charge in [0, 0.05) is 5.70 Å². The Kier molecular flexibility index (Phi) is 5.12. The molecule has 6 nitrogen and oxygen atoms in total. The molecule has 27 heavy (non-hydrogen) atoms. The molecule has 2 aromatic rings. The number of esters is 1. The fourth-order valence-corrected chi connectivity index (χ4v) is 3.10. The zero-order valence-corrected chi connectivity index (χ0v) is 15.2. The van der Waals surface area contributed by atoms with Gasteiger partial charge in [0.1, 0.15) is 11.6 Å². The lowest BCUT2D eigenvalue weighted by Crippen LogP contribution is -2.48. The summed E-state index contributed by atoms with van der Waals surface area (Å²) < 4.78 is 23.7. The van der Waals surface area contributed by atoms with Gasteiger partial charge in [-0.15, -0.1) is 0 Å². The van der Waals surface area contributed by atoms with Crippen LogP contribution in [0.4, 0.5) is 14.9 Å². The van der Waals surface area contributed by atoms with Crippen LogP contribution in [0.1, 0.15) is 18.5 Å². The number of methoxy groups -OCH3 is 2. The summed E-state index contributed by atoms with van der Waals surface area (Å²) in [6.07, 6.45) is 0. The van der Waals surface area contributed by atoms with Crippen LogP contribution < -0.4 is 15.0 Å². The van der Waals surface area contributed by atoms with E-state index in [1.807, 2.05) is 0 Å². The van der Waals surface area contributed by atoms with E-state index in [9.17, 15) is 14.0 Å². The number of hydrogen-bond donors (Lipinski definition) is 1. The smallest absolute Gasteiger partial charge is 0.337 e. The van der Waals surface area contributed by atoms with E-state index in [0.717, 1.165) is 0 Å². The number of ether oxygens (including phenoxy) is 2. The summed E-state index contributed by atoms with van der Waals surface area (Å²) in [5, 5.41) is 2.76. The maximum Gasteiger partial charge on any atom is 0.337 e. The number of urea groups is 1. The highest BCUT2D eigenvalue weighted by molar-refractivity contribution is 6.03. The Hall–Kier alpha value is -3.35. The zero-order chi connectivity index (χ0) is 19.6. The van der Waals surface area contributed by atoms with Crippen LogP contribution in [-0.2, 0) is 9.53 Å². The Labute approximate surface area is 156 Å². The van der Waals surface area contributed by atoms with Crippen LogP contribution >= 0.6 is 0 Å². The molecule has 1 atom stereocenters. The molecular formula is C20H19FN2O4. The molecule has 0 fully saturated rings. The summed E-state index contributed by atoms with van der Waals surface area (Å²) in [5.74, 6) is -0.412. The summed E-state index contributed by atoms with van der Waals surface area (Å²) in [7, 11) is 2.81. The first-order valence-electron chi connectivity index (χ1n) is 8.25. The highest BCUT2D eigenvalue weighted by Crippen LogP contribution is 2.34. The van der Waals surface area contributed by atoms with Gasteiger partial charge in [-0.2, -0.15) is 0 Å². The number of rotatable bonds is 4. The monoisotopic (exact) mass is 370 g/mol. The van der Waals surface area contributed by atoms with Crippen LogP contribution in [-0.4, -0.2) is 26.2 Å². The predicted octanol–water partition coefficient (Wildman–Crippen LogP) is 3.55. The first kappa shape index (κ1) is 18.4. The third-order valence-electron chi connectivity index (χ3n) is 4.40. The van der Waals surface area contributed by atoms with Crippen molar-refractivity contribution in [2.45, 2.75) is 13.0 Å². The second-order valence-corrected chi connectivity index (χ2v) is 5.96. The Morgan fingerprint density at radius 2 is 1.85 bits per heavy atom. The van der Waals surface area contributed by atoms with Gasteiger partial charge in [-0.1, -0.05) is 12.1 Å². The van der Waals surface area contributed by atoms with Gasteiger partial charge in [-0.05, 0) is 48.9 Å². The second-order valence-electron chi connectivity index (χ2n) is 5.96. The lowest BCUT2D eigenvalue weighted by atomic mass is 9.94. The molecular weight excluding hydrogens is 351 g/mol. The molecule has 2 aromatic carbocycles. The van der Waals surface area contributed by atoms with Crippen molar-refractivity contribution in [3.8, 4) is 5.75 Å². The van der Waals surface area contributed by atoms with Crippen molar-refractivity contribution < 1.29 is 23.5 Å². The van der Waals surface area contributed by atoms with Gasteiger partial charge in [0.05, 0.1) is 31.5 Å². The number of carbonyl (C=O) groups excluding carboxylic acids is 2. The number of carbonyl (C=O) groups is 2. The fourth-order valence-electron chi connectivity index (χ4n) is 3.10. The third kappa shape index (κ3) is 3.48. The molecule has 2 amide bonds. The van der Waals surface area contributed by atoms with E-state index >= 15 is 0 Å². The highest BCUT2D eigenvalue weighted by atomic mass is 19.1. The third-order valence-corrected chi connectivity index (χ3v) is 4.40. The SMILES string of the molecule is COC(=O)C1=C(C)N(c2ccc(OC)cc2)C(=O)N[C@H]1c1cccc(F)c1. The van der Waals surface area contributed by atoms with E-state index in [4.69, 9.17) is 9.47 Å². The molecule has 0 radical (unpaired) electrons. The first-order chi connectivity index (χ1) is 13.0. The van der Waals surface area contributed by atoms with Gasteiger partial charge >= 0.3 is 12.0 Å². The van der Waals surface area contributed by atoms with E-state index in [-0.39, 0.29) is 5.57 Å². The minimum Gasteiger partial charge on any atom is -0.497 e. The van der Waals surface area contributed by atoms with Crippen molar-refractivity contribution in [2.24, 2.45) is 0 Å². The van der Waals surface area contributed by atoms with E-state index < -0.39 is 23.9 Å². The Balaban J connectivity index is 2.11. The van der Waals surface area contributed by atoms with Crippen molar-refractivity contribution in [3.05, 3.63) is 71.2 Å². The van der Waals surface area contributed by atoms with Gasteiger partial charge in [0.25, 0.3) is 0 Å². The normalized spacial score (nSPS) is 16.8. The summed E-state index contributed by atoms with van der Waals surface area (Å²) in [6.45, 7) is 1.65. The minimum absolute atomic E-state index is 0.235. The van der Waals surface area contributed by atoms with Crippen LogP contribution in [0.5, 0.6) is 5.75 Å². The van der Waals surface area contributed by atoms with Crippen LogP contribution in [0.2, 0.25) is 0 Å². The molecule has 1 N–H and O–H groups in total. The van der Waals surface area contributed by atoms with E-state index in [2.05, 4.69) is 5.32 Å². The van der Waals surface area contributed by atoms with Crippen molar-refractivity contribution in [3.63, 3.8) is 0 Å². The number of amides is 2. The molecule has 0 saturated carbocycles. The predicted molar refractivity (Wildman–Crippen MR) is 97.9 cm³/mol. The van der Waals surface area contributed by atoms with Gasteiger partial charge in [0.2, 0.25) is 0 Å². The summed E-state index contributed by atoms with van der Waals surface area (Å²) in [5.41, 5.74) is 1.66. The molecule has 1 heterocycles. The number of hydrogen-bond acceptors (Lipinski definition) is 4. The zero-order valence-electron chi connectivity index (χ0n) is 15.2. The van der Waals surface area contributed by atoms with Crippen molar-refractivity contribution in [2.75, 3.05) is 19.1 Å². The molecule has 140 valence electrons. The molecule has 0 aromatic heterocycles. The number of anilines is 1. The van der Waals surface area contributed by atoms with Crippen molar-refractivity contribution in [1.29, 1.82) is 0 Å². The standard InChI is InChI=1S/C20H19FN2O4/c1-12-17(19(24)27-3)18(13-5-4-6-14(21)11-13)22-20(25)23(12)15-7-9-16(26-2)10-8-15/h4-11,18H,1-3H3,(H,22,25)/t18-/m0/s1. The van der Waals surface area contributed by atoms with Crippen molar-refractivity contribution >= 4 is 17.7 Å². The van der Waals surface area contributed by atoms with Crippen molar-refractivity contribution in [1.82, 2.24) is 5.32 Å². The maximum atomic E-state index is 13.7. The topological polar surface area (TPSA) is 67.9 Å². The Morgan fingerprint density at radius 1 is 1.15 bits per heavy atom. The van der Waals surface area contributed by atoms with Gasteiger partial charge in [-0.25, -0.2) is 14.0 Å². The van der Waals surface area contributed by atoms with Crippen LogP contribution in [0, 0.1) is 5.82 Å². The molecule has 1 aliphatic rings. The fraction of sp³-hybridized carbons (Fsp3) is 0.200. The van der Waals surface area contributed by atoms with Crippen LogP contribution in [0.3, 0.4) is 0 Å². The molecule has 1 aliphatic heterocycles. The number of halogens is 1. The largest absolute Gasteiger partial charge is 0.497 e. The maximum absolute atomic E-state index is 13.7. The second kappa shape index (κ2) is 7.49. The quantitative estimate of drug-likeness (QED) is 0.836. The average Bonchev–Trinajstić information content (AvgIpc) is 2.67. The Morgan fingerprint density at radius 3 is 2.44 bits per heavy atom. The average molecular weight is 370 g/mol. The highest BCUT2D eigenvalue weighted by Gasteiger charge is 2.37. The lowest BCUT2D eigenvalue weighted by molar-refractivity contribution is -0.136. The lowest BCUT2D eigenvalue weighted by Gasteiger charge is -2.35. The van der Waals surface area contributed by atoms with Gasteiger partial charge in [0.15, 0.2) is 0 Å². The molecule has 3 rings (SSSR count). The molecule has 7 heteroatoms. The molecule has 0 aliphatic carbocycles. The van der Waals surface area contributed by atoms with E-state index in [1.165, 1.54) is 30.2 Å². The van der Waals surface area contributed by atoms with Crippen LogP contribution in [0.15, 0.2) is 59.8 Å². The molecule has 0 spiro atoms. The first-order valence-corrected chi connectivity index (χ1v) is 8.25.